The minimum atomic E-state index is -4.10. The normalized spacial score (nSPS) is 11.1. The molecule has 0 aliphatic rings. The number of anilines is 2. The molecule has 0 spiro atoms. The van der Waals surface area contributed by atoms with E-state index in [-0.39, 0.29) is 10.6 Å². The standard InChI is InChI=1S/C22H21FN2O4S2/c1-29-19-10-12-21(13-11-19)31(27,28)25(18-8-6-16(23)7-9-18)15-22(26)24-17-4-3-5-20(14-17)30-2/h3-14H,15H2,1-2H3,(H,24,26). The van der Waals surface area contributed by atoms with E-state index in [1.54, 1.807) is 18.2 Å². The van der Waals surface area contributed by atoms with E-state index in [9.17, 15) is 17.6 Å². The van der Waals surface area contributed by atoms with Crippen molar-refractivity contribution in [3.05, 3.63) is 78.6 Å². The van der Waals surface area contributed by atoms with Crippen molar-refractivity contribution in [1.29, 1.82) is 0 Å². The fourth-order valence-corrected chi connectivity index (χ4v) is 4.71. The second kappa shape index (κ2) is 9.84. The molecule has 3 aromatic rings. The summed E-state index contributed by atoms with van der Waals surface area (Å²) in [6.45, 7) is -0.483. The van der Waals surface area contributed by atoms with Crippen molar-refractivity contribution in [2.24, 2.45) is 0 Å². The first-order valence-electron chi connectivity index (χ1n) is 9.20. The number of hydrogen-bond donors (Lipinski definition) is 1. The quantitative estimate of drug-likeness (QED) is 0.505. The van der Waals surface area contributed by atoms with Crippen LogP contribution in [0.3, 0.4) is 0 Å². The van der Waals surface area contributed by atoms with Crippen LogP contribution >= 0.6 is 11.8 Å². The molecule has 0 bridgehead atoms. The van der Waals surface area contributed by atoms with Gasteiger partial charge in [-0.1, -0.05) is 6.07 Å². The monoisotopic (exact) mass is 460 g/mol. The number of rotatable bonds is 8. The predicted molar refractivity (Wildman–Crippen MR) is 121 cm³/mol. The van der Waals surface area contributed by atoms with Crippen LogP contribution in [0.1, 0.15) is 0 Å². The van der Waals surface area contributed by atoms with Crippen LogP contribution in [-0.4, -0.2) is 34.2 Å². The number of thioether (sulfide) groups is 1. The molecule has 0 radical (unpaired) electrons. The van der Waals surface area contributed by atoms with Crippen LogP contribution in [0.5, 0.6) is 5.75 Å². The molecule has 0 aliphatic heterocycles. The van der Waals surface area contributed by atoms with E-state index in [0.29, 0.717) is 11.4 Å². The average Bonchev–Trinajstić information content (AvgIpc) is 2.78. The molecular weight excluding hydrogens is 439 g/mol. The third-order valence-corrected chi connectivity index (χ3v) is 6.92. The highest BCUT2D eigenvalue weighted by molar-refractivity contribution is 7.98. The molecule has 6 nitrogen and oxygen atoms in total. The number of nitrogens with zero attached hydrogens (tertiary/aromatic N) is 1. The SMILES string of the molecule is COc1ccc(S(=O)(=O)N(CC(=O)Nc2cccc(SC)c2)c2ccc(F)cc2)cc1. The fraction of sp³-hybridized carbons (Fsp3) is 0.136. The van der Waals surface area contributed by atoms with Crippen LogP contribution in [0.4, 0.5) is 15.8 Å². The minimum Gasteiger partial charge on any atom is -0.497 e. The van der Waals surface area contributed by atoms with Crippen molar-refractivity contribution < 1.29 is 22.3 Å². The zero-order valence-electron chi connectivity index (χ0n) is 16.9. The van der Waals surface area contributed by atoms with Gasteiger partial charge in [-0.3, -0.25) is 9.10 Å². The number of carbonyl (C=O) groups is 1. The summed E-state index contributed by atoms with van der Waals surface area (Å²) in [6, 6.07) is 18.0. The Hall–Kier alpha value is -3.04. The lowest BCUT2D eigenvalue weighted by atomic mass is 10.3. The number of sulfonamides is 1. The first-order valence-corrected chi connectivity index (χ1v) is 11.9. The van der Waals surface area contributed by atoms with Crippen LogP contribution in [0.2, 0.25) is 0 Å². The topological polar surface area (TPSA) is 75.7 Å². The lowest BCUT2D eigenvalue weighted by Crippen LogP contribution is -2.38. The molecule has 3 rings (SSSR count). The van der Waals surface area contributed by atoms with Crippen molar-refractivity contribution >= 4 is 39.1 Å². The van der Waals surface area contributed by atoms with Crippen LogP contribution < -0.4 is 14.4 Å². The minimum absolute atomic E-state index is 0.0187. The molecule has 0 heterocycles. The van der Waals surface area contributed by atoms with E-state index in [4.69, 9.17) is 4.74 Å². The maximum absolute atomic E-state index is 13.4. The molecule has 0 saturated heterocycles. The summed E-state index contributed by atoms with van der Waals surface area (Å²) in [5, 5.41) is 2.72. The van der Waals surface area contributed by atoms with Crippen LogP contribution in [0, 0.1) is 5.82 Å². The highest BCUT2D eigenvalue weighted by Crippen LogP contribution is 2.26. The summed E-state index contributed by atoms with van der Waals surface area (Å²) < 4.78 is 46.1. The number of nitrogens with one attached hydrogen (secondary N) is 1. The fourth-order valence-electron chi connectivity index (χ4n) is 2.83. The van der Waals surface area contributed by atoms with Gasteiger partial charge in [0, 0.05) is 10.6 Å². The second-order valence-corrected chi connectivity index (χ2v) is 9.19. The summed E-state index contributed by atoms with van der Waals surface area (Å²) in [6.07, 6.45) is 1.92. The summed E-state index contributed by atoms with van der Waals surface area (Å²) in [4.78, 5) is 13.7. The Morgan fingerprint density at radius 1 is 1.06 bits per heavy atom. The van der Waals surface area contributed by atoms with Crippen LogP contribution in [0.15, 0.2) is 82.6 Å². The molecule has 0 saturated carbocycles. The Morgan fingerprint density at radius 2 is 1.74 bits per heavy atom. The third kappa shape index (κ3) is 5.56. The number of benzene rings is 3. The van der Waals surface area contributed by atoms with Crippen LogP contribution in [-0.2, 0) is 14.8 Å². The van der Waals surface area contributed by atoms with Crippen molar-refractivity contribution in [2.45, 2.75) is 9.79 Å². The summed E-state index contributed by atoms with van der Waals surface area (Å²) >= 11 is 1.52. The molecule has 31 heavy (non-hydrogen) atoms. The smallest absolute Gasteiger partial charge is 0.264 e. The van der Waals surface area contributed by atoms with Gasteiger partial charge in [0.05, 0.1) is 17.7 Å². The Labute approximate surface area is 185 Å². The van der Waals surface area contributed by atoms with Gasteiger partial charge in [-0.2, -0.15) is 0 Å². The first-order chi connectivity index (χ1) is 14.8. The molecule has 162 valence electrons. The lowest BCUT2D eigenvalue weighted by molar-refractivity contribution is -0.114. The summed E-state index contributed by atoms with van der Waals surface area (Å²) in [5.74, 6) is -0.540. The van der Waals surface area contributed by atoms with Gasteiger partial charge in [-0.15, -0.1) is 11.8 Å². The van der Waals surface area contributed by atoms with E-state index in [0.717, 1.165) is 21.3 Å². The van der Waals surface area contributed by atoms with Gasteiger partial charge in [-0.05, 0) is 73.0 Å². The number of methoxy groups -OCH3 is 1. The Balaban J connectivity index is 1.92. The van der Waals surface area contributed by atoms with Gasteiger partial charge in [0.25, 0.3) is 10.0 Å². The number of hydrogen-bond acceptors (Lipinski definition) is 5. The highest BCUT2D eigenvalue weighted by atomic mass is 32.2. The second-order valence-electron chi connectivity index (χ2n) is 6.44. The van der Waals surface area contributed by atoms with Gasteiger partial charge in [-0.25, -0.2) is 12.8 Å². The van der Waals surface area contributed by atoms with E-state index in [1.807, 2.05) is 12.3 Å². The third-order valence-electron chi connectivity index (χ3n) is 4.40. The predicted octanol–water partition coefficient (Wildman–Crippen LogP) is 4.39. The van der Waals surface area contributed by atoms with E-state index in [1.165, 1.54) is 55.3 Å². The Morgan fingerprint density at radius 3 is 2.35 bits per heavy atom. The van der Waals surface area contributed by atoms with Crippen molar-refractivity contribution in [1.82, 2.24) is 0 Å². The number of ether oxygens (including phenoxy) is 1. The van der Waals surface area contributed by atoms with Gasteiger partial charge in [0.2, 0.25) is 5.91 Å². The zero-order valence-corrected chi connectivity index (χ0v) is 18.5. The molecule has 0 atom stereocenters. The number of carbonyl (C=O) groups excluding carboxylic acids is 1. The van der Waals surface area contributed by atoms with E-state index in [2.05, 4.69) is 5.32 Å². The molecule has 0 unspecified atom stereocenters. The zero-order chi connectivity index (χ0) is 22.4. The van der Waals surface area contributed by atoms with E-state index < -0.39 is 28.3 Å². The lowest BCUT2D eigenvalue weighted by Gasteiger charge is -2.24. The van der Waals surface area contributed by atoms with Gasteiger partial charge in [0.15, 0.2) is 0 Å². The van der Waals surface area contributed by atoms with Crippen molar-refractivity contribution in [3.8, 4) is 5.75 Å². The maximum atomic E-state index is 13.4. The summed E-state index contributed by atoms with van der Waals surface area (Å²) in [5.41, 5.74) is 0.725. The maximum Gasteiger partial charge on any atom is 0.264 e. The van der Waals surface area contributed by atoms with Gasteiger partial charge < -0.3 is 10.1 Å². The van der Waals surface area contributed by atoms with Gasteiger partial charge >= 0.3 is 0 Å². The van der Waals surface area contributed by atoms with E-state index >= 15 is 0 Å². The van der Waals surface area contributed by atoms with Crippen molar-refractivity contribution in [2.75, 3.05) is 29.5 Å². The molecule has 1 amide bonds. The average molecular weight is 461 g/mol. The Kier molecular flexibility index (Phi) is 7.19. The molecule has 9 heteroatoms. The molecular formula is C22H21FN2O4S2. The molecule has 3 aromatic carbocycles. The number of halogens is 1. The molecule has 0 aromatic heterocycles. The molecule has 0 fully saturated rings. The highest BCUT2D eigenvalue weighted by Gasteiger charge is 2.27. The number of amides is 1. The van der Waals surface area contributed by atoms with Crippen molar-refractivity contribution in [3.63, 3.8) is 0 Å². The molecule has 1 N–H and O–H groups in total. The van der Waals surface area contributed by atoms with Gasteiger partial charge in [0.1, 0.15) is 18.1 Å². The molecule has 0 aliphatic carbocycles. The summed E-state index contributed by atoms with van der Waals surface area (Å²) in [7, 11) is -2.62. The first kappa shape index (κ1) is 22.6. The largest absolute Gasteiger partial charge is 0.497 e. The Bertz CT molecular complexity index is 1150. The van der Waals surface area contributed by atoms with Crippen LogP contribution in [0.25, 0.3) is 0 Å².